The van der Waals surface area contributed by atoms with Crippen molar-refractivity contribution < 1.29 is 9.18 Å². The van der Waals surface area contributed by atoms with E-state index in [1.807, 2.05) is 0 Å². The molecule has 2 N–H and O–H groups in total. The fourth-order valence-electron chi connectivity index (χ4n) is 2.93. The van der Waals surface area contributed by atoms with Crippen LogP contribution in [0.5, 0.6) is 0 Å². The summed E-state index contributed by atoms with van der Waals surface area (Å²) in [5, 5.41) is 0. The quantitative estimate of drug-likeness (QED) is 0.870. The van der Waals surface area contributed by atoms with Crippen LogP contribution in [0.3, 0.4) is 0 Å². The lowest BCUT2D eigenvalue weighted by molar-refractivity contribution is 0.0642. The van der Waals surface area contributed by atoms with Gasteiger partial charge in [0.05, 0.1) is 5.56 Å². The summed E-state index contributed by atoms with van der Waals surface area (Å²) >= 11 is 0. The number of nitrogens with zero attached hydrogens (tertiary/aromatic N) is 2. The second kappa shape index (κ2) is 6.43. The van der Waals surface area contributed by atoms with Gasteiger partial charge in [-0.05, 0) is 44.0 Å². The van der Waals surface area contributed by atoms with Crippen molar-refractivity contribution in [3.63, 3.8) is 0 Å². The maximum atomic E-state index is 14.2. The fraction of sp³-hybridized carbons (Fsp3) is 0.562. The number of aryl methyl sites for hydroxylation is 1. The molecule has 21 heavy (non-hydrogen) atoms. The van der Waals surface area contributed by atoms with Crippen molar-refractivity contribution in [2.24, 2.45) is 0 Å². The van der Waals surface area contributed by atoms with E-state index >= 15 is 0 Å². The lowest BCUT2D eigenvalue weighted by Crippen LogP contribution is -2.45. The maximum absolute atomic E-state index is 14.2. The Kier molecular flexibility index (Phi) is 4.83. The number of anilines is 1. The number of halogens is 1. The summed E-state index contributed by atoms with van der Waals surface area (Å²) in [7, 11) is 1.76. The van der Waals surface area contributed by atoms with E-state index in [4.69, 9.17) is 5.73 Å². The van der Waals surface area contributed by atoms with E-state index in [1.165, 1.54) is 6.07 Å². The van der Waals surface area contributed by atoms with E-state index in [0.29, 0.717) is 11.3 Å². The molecule has 1 saturated heterocycles. The predicted molar refractivity (Wildman–Crippen MR) is 82.8 cm³/mol. The number of rotatable bonds is 3. The molecule has 1 aliphatic rings. The van der Waals surface area contributed by atoms with Gasteiger partial charge in [0.15, 0.2) is 0 Å². The van der Waals surface area contributed by atoms with E-state index in [2.05, 4.69) is 11.8 Å². The Hall–Kier alpha value is -1.62. The standard InChI is InChI=1S/C16H24FN3O/c1-4-20-7-5-13(6-8-20)19(3)16(21)14-10-12(18)9-11(2)15(14)17/h9-10,13H,4-8,18H2,1-3H3. The Balaban J connectivity index is 2.13. The third-order valence-corrected chi connectivity index (χ3v) is 4.38. The number of benzene rings is 1. The number of nitrogens with two attached hydrogens (primary N) is 1. The van der Waals surface area contributed by atoms with Gasteiger partial charge in [0.25, 0.3) is 5.91 Å². The van der Waals surface area contributed by atoms with Gasteiger partial charge in [-0.1, -0.05) is 6.92 Å². The van der Waals surface area contributed by atoms with Crippen LogP contribution in [0.4, 0.5) is 10.1 Å². The van der Waals surface area contributed by atoms with Gasteiger partial charge < -0.3 is 15.5 Å². The van der Waals surface area contributed by atoms with Crippen molar-refractivity contribution in [1.82, 2.24) is 9.80 Å². The normalized spacial score (nSPS) is 17.0. The molecule has 0 bridgehead atoms. The van der Waals surface area contributed by atoms with Crippen LogP contribution in [0, 0.1) is 12.7 Å². The van der Waals surface area contributed by atoms with Gasteiger partial charge in [0.1, 0.15) is 5.82 Å². The van der Waals surface area contributed by atoms with E-state index in [-0.39, 0.29) is 17.5 Å². The number of piperidine rings is 1. The number of carbonyl (C=O) groups is 1. The Morgan fingerprint density at radius 1 is 1.43 bits per heavy atom. The first-order valence-electron chi connectivity index (χ1n) is 7.49. The number of nitrogen functional groups attached to an aromatic ring is 1. The largest absolute Gasteiger partial charge is 0.399 e. The Labute approximate surface area is 125 Å². The average molecular weight is 293 g/mol. The molecule has 4 nitrogen and oxygen atoms in total. The molecule has 5 heteroatoms. The first kappa shape index (κ1) is 15.8. The van der Waals surface area contributed by atoms with E-state index in [9.17, 15) is 9.18 Å². The zero-order valence-corrected chi connectivity index (χ0v) is 13.0. The third kappa shape index (κ3) is 3.35. The molecule has 0 saturated carbocycles. The van der Waals surface area contributed by atoms with E-state index in [1.54, 1.807) is 24.9 Å². The minimum atomic E-state index is -0.466. The summed E-state index contributed by atoms with van der Waals surface area (Å²) in [5.41, 5.74) is 6.65. The van der Waals surface area contributed by atoms with Gasteiger partial charge in [-0.2, -0.15) is 0 Å². The number of hydrogen-bond acceptors (Lipinski definition) is 3. The number of amides is 1. The van der Waals surface area contributed by atoms with Crippen LogP contribution in [-0.4, -0.2) is 48.4 Å². The summed E-state index contributed by atoms with van der Waals surface area (Å²) in [4.78, 5) is 16.6. The lowest BCUT2D eigenvalue weighted by Gasteiger charge is -2.36. The molecule has 0 aliphatic carbocycles. The first-order valence-corrected chi connectivity index (χ1v) is 7.49. The van der Waals surface area contributed by atoms with Gasteiger partial charge in [-0.3, -0.25) is 4.79 Å². The second-order valence-electron chi connectivity index (χ2n) is 5.78. The minimum absolute atomic E-state index is 0.0768. The molecular formula is C16H24FN3O. The molecule has 0 spiro atoms. The van der Waals surface area contributed by atoms with Gasteiger partial charge in [0.2, 0.25) is 0 Å². The van der Waals surface area contributed by atoms with Crippen LogP contribution in [0.1, 0.15) is 35.7 Å². The summed E-state index contributed by atoms with van der Waals surface area (Å²) in [6, 6.07) is 3.15. The first-order chi connectivity index (χ1) is 9.93. The Morgan fingerprint density at radius 2 is 2.05 bits per heavy atom. The van der Waals surface area contributed by atoms with Crippen LogP contribution >= 0.6 is 0 Å². The van der Waals surface area contributed by atoms with Crippen LogP contribution in [-0.2, 0) is 0 Å². The second-order valence-corrected chi connectivity index (χ2v) is 5.78. The molecule has 1 aliphatic heterocycles. The molecular weight excluding hydrogens is 269 g/mol. The summed E-state index contributed by atoms with van der Waals surface area (Å²) in [6.07, 6.45) is 1.86. The highest BCUT2D eigenvalue weighted by Gasteiger charge is 2.27. The Morgan fingerprint density at radius 3 is 2.62 bits per heavy atom. The van der Waals surface area contributed by atoms with E-state index in [0.717, 1.165) is 32.5 Å². The van der Waals surface area contributed by atoms with Crippen molar-refractivity contribution in [1.29, 1.82) is 0 Å². The molecule has 0 unspecified atom stereocenters. The van der Waals surface area contributed by atoms with Gasteiger partial charge in [-0.25, -0.2) is 4.39 Å². The molecule has 1 aromatic rings. The highest BCUT2D eigenvalue weighted by atomic mass is 19.1. The van der Waals surface area contributed by atoms with Gasteiger partial charge >= 0.3 is 0 Å². The van der Waals surface area contributed by atoms with Crippen LogP contribution in [0.2, 0.25) is 0 Å². The molecule has 0 radical (unpaired) electrons. The van der Waals surface area contributed by atoms with Crippen LogP contribution < -0.4 is 5.73 Å². The van der Waals surface area contributed by atoms with Gasteiger partial charge in [-0.15, -0.1) is 0 Å². The number of carbonyl (C=O) groups excluding carboxylic acids is 1. The maximum Gasteiger partial charge on any atom is 0.256 e. The third-order valence-electron chi connectivity index (χ3n) is 4.38. The van der Waals surface area contributed by atoms with Crippen molar-refractivity contribution in [2.45, 2.75) is 32.7 Å². The Bertz CT molecular complexity index is 524. The summed E-state index contributed by atoms with van der Waals surface area (Å²) < 4.78 is 14.2. The zero-order valence-electron chi connectivity index (χ0n) is 13.0. The topological polar surface area (TPSA) is 49.6 Å². The monoisotopic (exact) mass is 293 g/mol. The number of hydrogen-bond donors (Lipinski definition) is 1. The summed E-state index contributed by atoms with van der Waals surface area (Å²) in [5.74, 6) is -0.745. The van der Waals surface area contributed by atoms with Crippen molar-refractivity contribution in [2.75, 3.05) is 32.4 Å². The predicted octanol–water partition coefficient (Wildman–Crippen LogP) is 2.27. The van der Waals surface area contributed by atoms with Crippen LogP contribution in [0.15, 0.2) is 12.1 Å². The average Bonchev–Trinajstić information content (AvgIpc) is 2.49. The lowest BCUT2D eigenvalue weighted by atomic mass is 10.0. The zero-order chi connectivity index (χ0) is 15.6. The molecule has 1 amide bonds. The van der Waals surface area contributed by atoms with E-state index < -0.39 is 5.82 Å². The highest BCUT2D eigenvalue weighted by Crippen LogP contribution is 2.22. The molecule has 1 fully saturated rings. The SMILES string of the molecule is CCN1CCC(N(C)C(=O)c2cc(N)cc(C)c2F)CC1. The molecule has 2 rings (SSSR count). The smallest absolute Gasteiger partial charge is 0.256 e. The van der Waals surface area contributed by atoms with Crippen molar-refractivity contribution in [3.8, 4) is 0 Å². The van der Waals surface area contributed by atoms with Crippen molar-refractivity contribution in [3.05, 3.63) is 29.1 Å². The molecule has 1 heterocycles. The van der Waals surface area contributed by atoms with Gasteiger partial charge in [0, 0.05) is 31.9 Å². The molecule has 1 aromatic carbocycles. The van der Waals surface area contributed by atoms with Crippen molar-refractivity contribution >= 4 is 11.6 Å². The summed E-state index contributed by atoms with van der Waals surface area (Å²) in [6.45, 7) is 6.77. The molecule has 0 aromatic heterocycles. The minimum Gasteiger partial charge on any atom is -0.399 e. The number of likely N-dealkylation sites (tertiary alicyclic amines) is 1. The highest BCUT2D eigenvalue weighted by molar-refractivity contribution is 5.95. The fourth-order valence-corrected chi connectivity index (χ4v) is 2.93. The van der Waals surface area contributed by atoms with Crippen LogP contribution in [0.25, 0.3) is 0 Å². The molecule has 116 valence electrons. The molecule has 0 atom stereocenters.